The fourth-order valence-electron chi connectivity index (χ4n) is 2.32. The van der Waals surface area contributed by atoms with Crippen LogP contribution in [0.3, 0.4) is 0 Å². The van der Waals surface area contributed by atoms with Gasteiger partial charge < -0.3 is 10.6 Å². The molecular formula is C15H25N3S. The Kier molecular flexibility index (Phi) is 5.29. The lowest BCUT2D eigenvalue weighted by Crippen LogP contribution is -2.36. The lowest BCUT2D eigenvalue weighted by molar-refractivity contribution is 0.570. The van der Waals surface area contributed by atoms with Crippen molar-refractivity contribution in [1.82, 2.24) is 4.98 Å². The monoisotopic (exact) mass is 279 g/mol. The molecule has 0 aromatic carbocycles. The van der Waals surface area contributed by atoms with Gasteiger partial charge in [-0.3, -0.25) is 4.98 Å². The summed E-state index contributed by atoms with van der Waals surface area (Å²) in [6.07, 6.45) is 0. The molecule has 0 aliphatic heterocycles. The lowest BCUT2D eigenvalue weighted by atomic mass is 10.1. The van der Waals surface area contributed by atoms with Crippen LogP contribution in [0.5, 0.6) is 0 Å². The molecule has 0 fully saturated rings. The van der Waals surface area contributed by atoms with E-state index >= 15 is 0 Å². The summed E-state index contributed by atoms with van der Waals surface area (Å²) in [6.45, 7) is 13.8. The van der Waals surface area contributed by atoms with Crippen molar-refractivity contribution in [3.63, 3.8) is 0 Å². The summed E-state index contributed by atoms with van der Waals surface area (Å²) in [5.74, 6) is 0.579. The summed E-state index contributed by atoms with van der Waals surface area (Å²) in [5, 5.41) is 0. The SMILES string of the molecule is Cc1cc(N(CC(C)C)C(C)C)c(C(N)=S)c(C)n1. The largest absolute Gasteiger partial charge is 0.389 e. The smallest absolute Gasteiger partial charge is 0.107 e. The molecule has 1 rings (SSSR count). The highest BCUT2D eigenvalue weighted by Crippen LogP contribution is 2.26. The molecule has 0 aliphatic carbocycles. The van der Waals surface area contributed by atoms with Crippen molar-refractivity contribution < 1.29 is 0 Å². The maximum atomic E-state index is 5.90. The predicted octanol–water partition coefficient (Wildman–Crippen LogP) is 3.20. The average molecular weight is 279 g/mol. The maximum Gasteiger partial charge on any atom is 0.107 e. The van der Waals surface area contributed by atoms with E-state index in [1.807, 2.05) is 13.8 Å². The number of rotatable bonds is 5. The number of aromatic nitrogens is 1. The second-order valence-electron chi connectivity index (χ2n) is 5.75. The minimum atomic E-state index is 0.400. The molecular weight excluding hydrogens is 254 g/mol. The summed E-state index contributed by atoms with van der Waals surface area (Å²) >= 11 is 5.21. The van der Waals surface area contributed by atoms with Gasteiger partial charge in [0, 0.05) is 24.0 Å². The summed E-state index contributed by atoms with van der Waals surface area (Å²) in [5.41, 5.74) is 9.84. The Bertz CT molecular complexity index is 467. The summed E-state index contributed by atoms with van der Waals surface area (Å²) < 4.78 is 0. The van der Waals surface area contributed by atoms with Crippen LogP contribution in [0.1, 0.15) is 44.6 Å². The van der Waals surface area contributed by atoms with E-state index < -0.39 is 0 Å². The van der Waals surface area contributed by atoms with Gasteiger partial charge in [-0.05, 0) is 39.7 Å². The number of nitrogens with two attached hydrogens (primary N) is 1. The van der Waals surface area contributed by atoms with E-state index in [9.17, 15) is 0 Å². The maximum absolute atomic E-state index is 5.90. The van der Waals surface area contributed by atoms with Gasteiger partial charge in [-0.25, -0.2) is 0 Å². The highest BCUT2D eigenvalue weighted by molar-refractivity contribution is 7.80. The highest BCUT2D eigenvalue weighted by Gasteiger charge is 2.19. The van der Waals surface area contributed by atoms with Crippen molar-refractivity contribution in [2.75, 3.05) is 11.4 Å². The van der Waals surface area contributed by atoms with E-state index in [4.69, 9.17) is 18.0 Å². The molecule has 4 heteroatoms. The molecule has 0 atom stereocenters. The number of aryl methyl sites for hydroxylation is 2. The van der Waals surface area contributed by atoms with Crippen molar-refractivity contribution in [3.05, 3.63) is 23.0 Å². The van der Waals surface area contributed by atoms with Crippen molar-refractivity contribution in [1.29, 1.82) is 0 Å². The Hall–Kier alpha value is -1.16. The third-order valence-corrected chi connectivity index (χ3v) is 3.25. The van der Waals surface area contributed by atoms with E-state index in [1.165, 1.54) is 0 Å². The van der Waals surface area contributed by atoms with Crippen LogP contribution in [0.25, 0.3) is 0 Å². The zero-order chi connectivity index (χ0) is 14.7. The molecule has 0 aliphatic rings. The van der Waals surface area contributed by atoms with Crippen molar-refractivity contribution in [2.45, 2.75) is 47.6 Å². The Morgan fingerprint density at radius 3 is 2.32 bits per heavy atom. The number of pyridine rings is 1. The van der Waals surface area contributed by atoms with E-state index in [0.717, 1.165) is 29.2 Å². The Morgan fingerprint density at radius 2 is 1.89 bits per heavy atom. The van der Waals surface area contributed by atoms with E-state index in [-0.39, 0.29) is 0 Å². The Labute approximate surface area is 122 Å². The minimum Gasteiger partial charge on any atom is -0.389 e. The average Bonchev–Trinajstić information content (AvgIpc) is 2.23. The molecule has 1 aromatic heterocycles. The van der Waals surface area contributed by atoms with E-state index in [0.29, 0.717) is 16.9 Å². The van der Waals surface area contributed by atoms with Gasteiger partial charge in [0.25, 0.3) is 0 Å². The van der Waals surface area contributed by atoms with Gasteiger partial charge in [0.05, 0.1) is 11.3 Å². The lowest BCUT2D eigenvalue weighted by Gasteiger charge is -2.33. The standard InChI is InChI=1S/C15H25N3S/c1-9(2)8-18(10(3)4)13-7-11(5)17-12(6)14(13)15(16)19/h7,9-10H,8H2,1-6H3,(H2,16,19). The quantitative estimate of drug-likeness (QED) is 0.841. The van der Waals surface area contributed by atoms with Gasteiger partial charge in [-0.1, -0.05) is 26.1 Å². The first-order valence-corrected chi connectivity index (χ1v) is 7.19. The predicted molar refractivity (Wildman–Crippen MR) is 86.9 cm³/mol. The van der Waals surface area contributed by atoms with Crippen LogP contribution in [0, 0.1) is 19.8 Å². The van der Waals surface area contributed by atoms with Crippen LogP contribution < -0.4 is 10.6 Å². The fraction of sp³-hybridized carbons (Fsp3) is 0.600. The molecule has 0 bridgehead atoms. The first-order valence-electron chi connectivity index (χ1n) is 6.78. The van der Waals surface area contributed by atoms with E-state index in [2.05, 4.69) is 43.6 Å². The molecule has 1 heterocycles. The van der Waals surface area contributed by atoms with Crippen LogP contribution in [0.4, 0.5) is 5.69 Å². The molecule has 0 spiro atoms. The number of nitrogens with zero attached hydrogens (tertiary/aromatic N) is 2. The zero-order valence-electron chi connectivity index (χ0n) is 12.8. The summed E-state index contributed by atoms with van der Waals surface area (Å²) in [7, 11) is 0. The van der Waals surface area contributed by atoms with Gasteiger partial charge in [0.1, 0.15) is 4.99 Å². The molecule has 0 amide bonds. The molecule has 1 aromatic rings. The third-order valence-electron chi connectivity index (χ3n) is 3.05. The number of hydrogen-bond acceptors (Lipinski definition) is 3. The third kappa shape index (κ3) is 3.90. The van der Waals surface area contributed by atoms with Crippen molar-refractivity contribution in [2.24, 2.45) is 11.7 Å². The summed E-state index contributed by atoms with van der Waals surface area (Å²) in [4.78, 5) is 7.27. The molecule has 2 N–H and O–H groups in total. The van der Waals surface area contributed by atoms with Gasteiger partial charge >= 0.3 is 0 Å². The first kappa shape index (κ1) is 15.9. The number of anilines is 1. The number of hydrogen-bond donors (Lipinski definition) is 1. The second kappa shape index (κ2) is 6.33. The highest BCUT2D eigenvalue weighted by atomic mass is 32.1. The molecule has 0 saturated heterocycles. The van der Waals surface area contributed by atoms with E-state index in [1.54, 1.807) is 0 Å². The van der Waals surface area contributed by atoms with Crippen molar-refractivity contribution in [3.8, 4) is 0 Å². The second-order valence-corrected chi connectivity index (χ2v) is 6.19. The Balaban J connectivity index is 3.39. The first-order chi connectivity index (χ1) is 8.73. The molecule has 3 nitrogen and oxygen atoms in total. The minimum absolute atomic E-state index is 0.400. The van der Waals surface area contributed by atoms with Gasteiger partial charge in [0.15, 0.2) is 0 Å². The number of thiocarbonyl (C=S) groups is 1. The van der Waals surface area contributed by atoms with Crippen LogP contribution in [0.2, 0.25) is 0 Å². The van der Waals surface area contributed by atoms with Crippen LogP contribution in [-0.4, -0.2) is 22.6 Å². The van der Waals surface area contributed by atoms with Gasteiger partial charge in [-0.2, -0.15) is 0 Å². The normalized spacial score (nSPS) is 11.2. The van der Waals surface area contributed by atoms with Crippen LogP contribution in [0.15, 0.2) is 6.07 Å². The Morgan fingerprint density at radius 1 is 1.32 bits per heavy atom. The molecule has 106 valence electrons. The molecule has 0 saturated carbocycles. The summed E-state index contributed by atoms with van der Waals surface area (Å²) in [6, 6.07) is 2.49. The van der Waals surface area contributed by atoms with Gasteiger partial charge in [-0.15, -0.1) is 0 Å². The van der Waals surface area contributed by atoms with Gasteiger partial charge in [0.2, 0.25) is 0 Å². The zero-order valence-corrected chi connectivity index (χ0v) is 13.6. The topological polar surface area (TPSA) is 42.1 Å². The molecule has 0 radical (unpaired) electrons. The van der Waals surface area contributed by atoms with Crippen LogP contribution in [-0.2, 0) is 0 Å². The van der Waals surface area contributed by atoms with Crippen LogP contribution >= 0.6 is 12.2 Å². The van der Waals surface area contributed by atoms with Crippen molar-refractivity contribution >= 4 is 22.9 Å². The fourth-order valence-corrected chi connectivity index (χ4v) is 2.57. The molecule has 19 heavy (non-hydrogen) atoms. The molecule has 0 unspecified atom stereocenters.